The molecule has 9 heteroatoms. The molecule has 2 aromatic rings. The molecule has 3 heterocycles. The number of amides is 1. The number of carbonyl (C=O) groups excluding carboxylic acids is 1. The van der Waals surface area contributed by atoms with Gasteiger partial charge in [-0.25, -0.2) is 13.4 Å². The van der Waals surface area contributed by atoms with Crippen LogP contribution in [0.3, 0.4) is 0 Å². The Bertz CT molecular complexity index is 881. The van der Waals surface area contributed by atoms with Crippen LogP contribution >= 0.6 is 11.3 Å². The Morgan fingerprint density at radius 1 is 1.33 bits per heavy atom. The van der Waals surface area contributed by atoms with Crippen LogP contribution in [-0.2, 0) is 21.1 Å². The summed E-state index contributed by atoms with van der Waals surface area (Å²) in [6.07, 6.45) is 4.15. The number of likely N-dealkylation sites (N-methyl/N-ethyl adjacent to an activating group) is 1. The van der Waals surface area contributed by atoms with Crippen LogP contribution in [0.5, 0.6) is 0 Å². The highest BCUT2D eigenvalue weighted by Crippen LogP contribution is 2.24. The summed E-state index contributed by atoms with van der Waals surface area (Å²) >= 11 is 1.48. The van der Waals surface area contributed by atoms with E-state index < -0.39 is 9.84 Å². The summed E-state index contributed by atoms with van der Waals surface area (Å²) in [5.74, 6) is 0.150. The molecule has 1 fully saturated rings. The third-order valence-electron chi connectivity index (χ3n) is 4.55. The number of rotatable bonds is 7. The van der Waals surface area contributed by atoms with E-state index in [4.69, 9.17) is 0 Å². The molecule has 0 radical (unpaired) electrons. The molecule has 1 amide bonds. The van der Waals surface area contributed by atoms with Crippen LogP contribution in [0.4, 0.5) is 0 Å². The molecule has 1 atom stereocenters. The van der Waals surface area contributed by atoms with E-state index in [9.17, 15) is 13.2 Å². The monoisotopic (exact) mass is 408 g/mol. The van der Waals surface area contributed by atoms with Gasteiger partial charge in [-0.1, -0.05) is 0 Å². The quantitative estimate of drug-likeness (QED) is 0.687. The largest absolute Gasteiger partial charge is 0.337 e. The van der Waals surface area contributed by atoms with Crippen molar-refractivity contribution in [2.45, 2.75) is 18.9 Å². The second kappa shape index (κ2) is 8.45. The fraction of sp³-hybridized carbons (Fsp3) is 0.500. The minimum absolute atomic E-state index is 0.0597. The van der Waals surface area contributed by atoms with Crippen molar-refractivity contribution < 1.29 is 13.2 Å². The standard InChI is InChI=1S/C18H24N4O3S2/c1-21(2)7-8-22(16-5-9-27(24,25)13-16)17(23)10-15-12-26-18(20-15)14-4-3-6-19-11-14/h3-4,6,11-12,16H,5,7-10,13H2,1-2H3/t16-/m0/s1. The van der Waals surface area contributed by atoms with Crippen molar-refractivity contribution >= 4 is 27.1 Å². The number of pyridine rings is 1. The second-order valence-corrected chi connectivity index (χ2v) is 10.1. The highest BCUT2D eigenvalue weighted by atomic mass is 32.2. The normalized spacial score (nSPS) is 18.7. The first kappa shape index (κ1) is 19.9. The van der Waals surface area contributed by atoms with Gasteiger partial charge >= 0.3 is 0 Å². The maximum Gasteiger partial charge on any atom is 0.228 e. The zero-order valence-electron chi connectivity index (χ0n) is 15.5. The zero-order valence-corrected chi connectivity index (χ0v) is 17.2. The predicted molar refractivity (Wildman–Crippen MR) is 106 cm³/mol. The summed E-state index contributed by atoms with van der Waals surface area (Å²) in [5, 5.41) is 2.71. The van der Waals surface area contributed by atoms with Gasteiger partial charge in [0.05, 0.1) is 23.6 Å². The maximum absolute atomic E-state index is 12.9. The summed E-state index contributed by atoms with van der Waals surface area (Å²) in [6, 6.07) is 3.55. The molecular formula is C18H24N4O3S2. The van der Waals surface area contributed by atoms with Gasteiger partial charge in [-0.2, -0.15) is 0 Å². The van der Waals surface area contributed by atoms with Crippen molar-refractivity contribution in [3.05, 3.63) is 35.6 Å². The Morgan fingerprint density at radius 2 is 2.15 bits per heavy atom. The summed E-state index contributed by atoms with van der Waals surface area (Å²) in [6.45, 7) is 1.21. The topological polar surface area (TPSA) is 83.5 Å². The first-order valence-electron chi connectivity index (χ1n) is 8.83. The molecule has 1 saturated heterocycles. The number of hydrogen-bond donors (Lipinski definition) is 0. The Labute approximate surface area is 164 Å². The van der Waals surface area contributed by atoms with Gasteiger partial charge in [-0.3, -0.25) is 9.78 Å². The Hall–Kier alpha value is -1.84. The fourth-order valence-electron chi connectivity index (χ4n) is 3.11. The average molecular weight is 409 g/mol. The third-order valence-corrected chi connectivity index (χ3v) is 7.24. The van der Waals surface area contributed by atoms with Crippen molar-refractivity contribution in [1.82, 2.24) is 19.8 Å². The number of nitrogens with zero attached hydrogens (tertiary/aromatic N) is 4. The van der Waals surface area contributed by atoms with Gasteiger partial charge in [0.15, 0.2) is 9.84 Å². The molecule has 0 spiro atoms. The number of carbonyl (C=O) groups is 1. The van der Waals surface area contributed by atoms with Crippen molar-refractivity contribution in [3.63, 3.8) is 0 Å². The minimum atomic E-state index is -3.05. The molecule has 0 bridgehead atoms. The van der Waals surface area contributed by atoms with Gasteiger partial charge in [0.2, 0.25) is 5.91 Å². The maximum atomic E-state index is 12.9. The van der Waals surface area contributed by atoms with Gasteiger partial charge in [0.1, 0.15) is 5.01 Å². The Balaban J connectivity index is 1.71. The van der Waals surface area contributed by atoms with E-state index >= 15 is 0 Å². The van der Waals surface area contributed by atoms with Gasteiger partial charge in [-0.05, 0) is 32.6 Å². The zero-order chi connectivity index (χ0) is 19.4. The van der Waals surface area contributed by atoms with Crippen LogP contribution in [0.15, 0.2) is 29.9 Å². The van der Waals surface area contributed by atoms with Crippen LogP contribution in [0.25, 0.3) is 10.6 Å². The molecule has 0 aliphatic carbocycles. The molecule has 3 rings (SSSR count). The van der Waals surface area contributed by atoms with E-state index in [2.05, 4.69) is 9.97 Å². The first-order valence-corrected chi connectivity index (χ1v) is 11.5. The smallest absolute Gasteiger partial charge is 0.228 e. The highest BCUT2D eigenvalue weighted by molar-refractivity contribution is 7.91. The van der Waals surface area contributed by atoms with E-state index in [1.165, 1.54) is 11.3 Å². The third kappa shape index (κ3) is 5.33. The van der Waals surface area contributed by atoms with E-state index in [1.807, 2.05) is 36.5 Å². The Kier molecular flexibility index (Phi) is 6.23. The molecule has 0 saturated carbocycles. The molecule has 146 valence electrons. The van der Waals surface area contributed by atoms with Gasteiger partial charge in [0, 0.05) is 42.5 Å². The van der Waals surface area contributed by atoms with Crippen molar-refractivity contribution in [3.8, 4) is 10.6 Å². The first-order chi connectivity index (χ1) is 12.8. The number of sulfone groups is 1. The summed E-state index contributed by atoms with van der Waals surface area (Å²) < 4.78 is 23.7. The minimum Gasteiger partial charge on any atom is -0.337 e. The molecule has 2 aromatic heterocycles. The summed E-state index contributed by atoms with van der Waals surface area (Å²) in [5.41, 5.74) is 1.63. The lowest BCUT2D eigenvalue weighted by Gasteiger charge is -2.29. The van der Waals surface area contributed by atoms with Crippen LogP contribution in [0.1, 0.15) is 12.1 Å². The van der Waals surface area contributed by atoms with Crippen molar-refractivity contribution in [2.24, 2.45) is 0 Å². The molecule has 1 aliphatic rings. The molecule has 0 unspecified atom stereocenters. The SMILES string of the molecule is CN(C)CCN(C(=O)Cc1csc(-c2cccnc2)n1)[C@H]1CCS(=O)(=O)C1. The van der Waals surface area contributed by atoms with Gasteiger partial charge in [0.25, 0.3) is 0 Å². The lowest BCUT2D eigenvalue weighted by Crippen LogP contribution is -2.45. The summed E-state index contributed by atoms with van der Waals surface area (Å²) in [4.78, 5) is 25.3. The fourth-order valence-corrected chi connectivity index (χ4v) is 5.65. The van der Waals surface area contributed by atoms with Crippen molar-refractivity contribution in [2.75, 3.05) is 38.7 Å². The number of aromatic nitrogens is 2. The predicted octanol–water partition coefficient (Wildman–Crippen LogP) is 1.32. The van der Waals surface area contributed by atoms with E-state index in [0.29, 0.717) is 25.2 Å². The van der Waals surface area contributed by atoms with E-state index in [-0.39, 0.29) is 29.9 Å². The highest BCUT2D eigenvalue weighted by Gasteiger charge is 2.34. The van der Waals surface area contributed by atoms with Gasteiger partial charge in [-0.15, -0.1) is 11.3 Å². The van der Waals surface area contributed by atoms with E-state index in [1.54, 1.807) is 17.3 Å². The van der Waals surface area contributed by atoms with Crippen molar-refractivity contribution in [1.29, 1.82) is 0 Å². The number of hydrogen-bond acceptors (Lipinski definition) is 7. The second-order valence-electron chi connectivity index (χ2n) is 7.01. The van der Waals surface area contributed by atoms with Crippen LogP contribution < -0.4 is 0 Å². The van der Waals surface area contributed by atoms with E-state index in [0.717, 1.165) is 10.6 Å². The van der Waals surface area contributed by atoms with Crippen LogP contribution in [0.2, 0.25) is 0 Å². The Morgan fingerprint density at radius 3 is 2.78 bits per heavy atom. The van der Waals surface area contributed by atoms with Gasteiger partial charge < -0.3 is 9.80 Å². The van der Waals surface area contributed by atoms with Crippen LogP contribution in [0, 0.1) is 0 Å². The lowest BCUT2D eigenvalue weighted by molar-refractivity contribution is -0.132. The molecule has 27 heavy (non-hydrogen) atoms. The molecular weight excluding hydrogens is 384 g/mol. The molecule has 0 aromatic carbocycles. The summed E-state index contributed by atoms with van der Waals surface area (Å²) in [7, 11) is 0.833. The molecule has 7 nitrogen and oxygen atoms in total. The lowest BCUT2D eigenvalue weighted by atomic mass is 10.2. The average Bonchev–Trinajstić information content (AvgIpc) is 3.22. The molecule has 0 N–H and O–H groups in total. The molecule has 1 aliphatic heterocycles. The van der Waals surface area contributed by atoms with Crippen LogP contribution in [-0.4, -0.2) is 78.8 Å². The number of thiazole rings is 1.